The van der Waals surface area contributed by atoms with Crippen LogP contribution >= 0.6 is 0 Å². The molecule has 1 N–H and O–H groups in total. The zero-order valence-electron chi connectivity index (χ0n) is 16.8. The Morgan fingerprint density at radius 3 is 2.43 bits per heavy atom. The normalized spacial score (nSPS) is 12.3. The number of fused-ring (bicyclic) bond motifs is 1. The summed E-state index contributed by atoms with van der Waals surface area (Å²) in [7, 11) is 1.92. The molecule has 2 nitrogen and oxygen atoms in total. The number of aryl methyl sites for hydroxylation is 1. The van der Waals surface area contributed by atoms with Crippen molar-refractivity contribution in [3.63, 3.8) is 0 Å². The predicted octanol–water partition coefficient (Wildman–Crippen LogP) is 6.05. The van der Waals surface area contributed by atoms with Gasteiger partial charge in [-0.25, -0.2) is 0 Å². The van der Waals surface area contributed by atoms with Crippen LogP contribution in [0, 0.1) is 12.8 Å². The topological polar surface area (TPSA) is 17.0 Å². The van der Waals surface area contributed by atoms with Crippen LogP contribution in [0.4, 0.5) is 13.2 Å². The van der Waals surface area contributed by atoms with Crippen LogP contribution < -0.4 is 5.32 Å². The first-order valence-corrected chi connectivity index (χ1v) is 9.66. The van der Waals surface area contributed by atoms with Crippen LogP contribution in [0.3, 0.4) is 0 Å². The Morgan fingerprint density at radius 1 is 1.07 bits per heavy atom. The minimum absolute atomic E-state index is 0.239. The van der Waals surface area contributed by atoms with Crippen molar-refractivity contribution in [2.24, 2.45) is 5.92 Å². The molecule has 0 aliphatic heterocycles. The van der Waals surface area contributed by atoms with E-state index in [0.717, 1.165) is 42.0 Å². The summed E-state index contributed by atoms with van der Waals surface area (Å²) < 4.78 is 42.9. The summed E-state index contributed by atoms with van der Waals surface area (Å²) in [5, 5.41) is 4.30. The average Bonchev–Trinajstić information content (AvgIpc) is 2.94. The molecule has 28 heavy (non-hydrogen) atoms. The quantitative estimate of drug-likeness (QED) is 0.544. The maximum atomic E-state index is 13.6. The van der Waals surface area contributed by atoms with E-state index in [1.54, 1.807) is 12.1 Å². The van der Waals surface area contributed by atoms with Gasteiger partial charge in [-0.3, -0.25) is 0 Å². The Balaban J connectivity index is 2.22. The summed E-state index contributed by atoms with van der Waals surface area (Å²) >= 11 is 0. The van der Waals surface area contributed by atoms with Crippen molar-refractivity contribution in [3.8, 4) is 11.1 Å². The molecule has 1 heterocycles. The molecule has 2 aromatic carbocycles. The number of nitrogens with one attached hydrogen (secondary N) is 1. The van der Waals surface area contributed by atoms with Crippen LogP contribution in [0.15, 0.2) is 42.6 Å². The SMILES string of the molecule is CNCCc1cn(CC(C)C)c2cc(-c3ccccc3C(F)(F)F)c(C)cc12. The number of aromatic nitrogens is 1. The highest BCUT2D eigenvalue weighted by Crippen LogP contribution is 2.39. The molecule has 0 aliphatic carbocycles. The van der Waals surface area contributed by atoms with E-state index >= 15 is 0 Å². The maximum Gasteiger partial charge on any atom is 0.417 e. The Bertz CT molecular complexity index is 968. The zero-order valence-corrected chi connectivity index (χ0v) is 16.8. The second kappa shape index (κ2) is 8.00. The van der Waals surface area contributed by atoms with Gasteiger partial charge in [0.25, 0.3) is 0 Å². The summed E-state index contributed by atoms with van der Waals surface area (Å²) in [6.07, 6.45) is -1.34. The smallest absolute Gasteiger partial charge is 0.347 e. The molecule has 0 unspecified atom stereocenters. The maximum absolute atomic E-state index is 13.6. The Hall–Kier alpha value is -2.27. The van der Waals surface area contributed by atoms with Gasteiger partial charge in [-0.05, 0) is 73.3 Å². The van der Waals surface area contributed by atoms with E-state index in [4.69, 9.17) is 0 Å². The number of rotatable bonds is 6. The van der Waals surface area contributed by atoms with Crippen molar-refractivity contribution in [1.82, 2.24) is 9.88 Å². The molecular weight excluding hydrogens is 361 g/mol. The first-order valence-electron chi connectivity index (χ1n) is 9.66. The zero-order chi connectivity index (χ0) is 20.5. The lowest BCUT2D eigenvalue weighted by atomic mass is 9.93. The number of hydrogen-bond acceptors (Lipinski definition) is 1. The highest BCUT2D eigenvalue weighted by Gasteiger charge is 2.33. The molecular formula is C23H27F3N2. The van der Waals surface area contributed by atoms with Gasteiger partial charge in [0.2, 0.25) is 0 Å². The average molecular weight is 388 g/mol. The summed E-state index contributed by atoms with van der Waals surface area (Å²) in [6, 6.07) is 9.80. The van der Waals surface area contributed by atoms with Crippen molar-refractivity contribution in [2.45, 2.75) is 39.9 Å². The lowest BCUT2D eigenvalue weighted by Gasteiger charge is -2.16. The van der Waals surface area contributed by atoms with Crippen LogP contribution in [0.2, 0.25) is 0 Å². The lowest BCUT2D eigenvalue weighted by molar-refractivity contribution is -0.137. The molecule has 0 atom stereocenters. The van der Waals surface area contributed by atoms with Gasteiger partial charge in [0.15, 0.2) is 0 Å². The molecule has 0 spiro atoms. The summed E-state index contributed by atoms with van der Waals surface area (Å²) in [4.78, 5) is 0. The summed E-state index contributed by atoms with van der Waals surface area (Å²) in [5.41, 5.74) is 3.38. The molecule has 0 radical (unpaired) electrons. The van der Waals surface area contributed by atoms with E-state index < -0.39 is 11.7 Å². The Morgan fingerprint density at radius 2 is 1.79 bits per heavy atom. The van der Waals surface area contributed by atoms with Crippen LogP contribution in [0.25, 0.3) is 22.0 Å². The van der Waals surface area contributed by atoms with Gasteiger partial charge >= 0.3 is 6.18 Å². The molecule has 1 aromatic heterocycles. The van der Waals surface area contributed by atoms with Crippen molar-refractivity contribution in [1.29, 1.82) is 0 Å². The number of nitrogens with zero attached hydrogens (tertiary/aromatic N) is 1. The molecule has 0 saturated heterocycles. The molecule has 0 amide bonds. The fraction of sp³-hybridized carbons (Fsp3) is 0.391. The molecule has 150 valence electrons. The lowest BCUT2D eigenvalue weighted by Crippen LogP contribution is -2.10. The predicted molar refractivity (Wildman–Crippen MR) is 110 cm³/mol. The van der Waals surface area contributed by atoms with Gasteiger partial charge < -0.3 is 9.88 Å². The molecule has 0 saturated carbocycles. The van der Waals surface area contributed by atoms with Gasteiger partial charge in [-0.1, -0.05) is 32.0 Å². The summed E-state index contributed by atoms with van der Waals surface area (Å²) in [5.74, 6) is 0.444. The fourth-order valence-corrected chi connectivity index (χ4v) is 3.78. The van der Waals surface area contributed by atoms with Crippen molar-refractivity contribution in [2.75, 3.05) is 13.6 Å². The van der Waals surface area contributed by atoms with E-state index in [1.165, 1.54) is 11.6 Å². The van der Waals surface area contributed by atoms with Crippen LogP contribution in [0.5, 0.6) is 0 Å². The molecule has 5 heteroatoms. The van der Waals surface area contributed by atoms with Crippen molar-refractivity contribution in [3.05, 3.63) is 59.3 Å². The highest BCUT2D eigenvalue weighted by atomic mass is 19.4. The second-order valence-electron chi connectivity index (χ2n) is 7.78. The number of likely N-dealkylation sites (N-methyl/N-ethyl adjacent to an activating group) is 1. The third-order valence-corrected chi connectivity index (χ3v) is 5.04. The molecule has 0 fully saturated rings. The van der Waals surface area contributed by atoms with E-state index in [0.29, 0.717) is 11.5 Å². The van der Waals surface area contributed by atoms with Crippen LogP contribution in [0.1, 0.15) is 30.5 Å². The van der Waals surface area contributed by atoms with Gasteiger partial charge in [-0.15, -0.1) is 0 Å². The molecule has 0 bridgehead atoms. The number of halogens is 3. The standard InChI is InChI=1S/C23H27F3N2/c1-15(2)13-28-14-17(9-10-27-4)20-11-16(3)19(12-22(20)28)18-7-5-6-8-21(18)23(24,25)26/h5-8,11-12,14-15,27H,9-10,13H2,1-4H3. The van der Waals surface area contributed by atoms with Crippen LogP contribution in [-0.4, -0.2) is 18.2 Å². The largest absolute Gasteiger partial charge is 0.417 e. The number of alkyl halides is 3. The fourth-order valence-electron chi connectivity index (χ4n) is 3.78. The van der Waals surface area contributed by atoms with E-state index in [1.807, 2.05) is 26.1 Å². The third-order valence-electron chi connectivity index (χ3n) is 5.04. The van der Waals surface area contributed by atoms with Gasteiger partial charge in [0.1, 0.15) is 0 Å². The summed E-state index contributed by atoms with van der Waals surface area (Å²) in [6.45, 7) is 7.88. The second-order valence-corrected chi connectivity index (χ2v) is 7.78. The minimum atomic E-state index is -4.38. The first-order chi connectivity index (χ1) is 13.2. The molecule has 3 rings (SSSR count). The Labute approximate surface area is 164 Å². The van der Waals surface area contributed by atoms with Crippen molar-refractivity contribution < 1.29 is 13.2 Å². The highest BCUT2D eigenvalue weighted by molar-refractivity contribution is 5.90. The third kappa shape index (κ3) is 4.09. The number of hydrogen-bond donors (Lipinski definition) is 1. The van der Waals surface area contributed by atoms with Gasteiger partial charge in [0.05, 0.1) is 5.56 Å². The van der Waals surface area contributed by atoms with Crippen molar-refractivity contribution >= 4 is 10.9 Å². The first kappa shape index (κ1) is 20.5. The monoisotopic (exact) mass is 388 g/mol. The van der Waals surface area contributed by atoms with E-state index in [2.05, 4.69) is 29.9 Å². The number of benzene rings is 2. The van der Waals surface area contributed by atoms with Crippen LogP contribution in [-0.2, 0) is 19.1 Å². The molecule has 0 aliphatic rings. The van der Waals surface area contributed by atoms with Gasteiger partial charge in [0, 0.05) is 23.6 Å². The van der Waals surface area contributed by atoms with Gasteiger partial charge in [-0.2, -0.15) is 13.2 Å². The van der Waals surface area contributed by atoms with E-state index in [9.17, 15) is 13.2 Å². The van der Waals surface area contributed by atoms with E-state index in [-0.39, 0.29) is 5.56 Å². The Kier molecular flexibility index (Phi) is 5.84. The minimum Gasteiger partial charge on any atom is -0.347 e. The molecule has 3 aromatic rings.